The number of rotatable bonds is 5. The number of halogens is 1. The third-order valence-corrected chi connectivity index (χ3v) is 4.22. The Morgan fingerprint density at radius 2 is 2.50 bits per heavy atom. The van der Waals surface area contributed by atoms with Gasteiger partial charge in [0, 0.05) is 23.4 Å². The van der Waals surface area contributed by atoms with Gasteiger partial charge in [0.15, 0.2) is 0 Å². The lowest BCUT2D eigenvalue weighted by Crippen LogP contribution is -2.31. The summed E-state index contributed by atoms with van der Waals surface area (Å²) in [5.41, 5.74) is 1.00. The first-order valence-corrected chi connectivity index (χ1v) is 7.12. The Kier molecular flexibility index (Phi) is 5.78. The lowest BCUT2D eigenvalue weighted by Gasteiger charge is -2.03. The summed E-state index contributed by atoms with van der Waals surface area (Å²) in [6, 6.07) is 0. The number of carboxylic acids is 1. The van der Waals surface area contributed by atoms with Crippen LogP contribution < -0.4 is 5.32 Å². The van der Waals surface area contributed by atoms with Gasteiger partial charge in [-0.25, -0.2) is 4.79 Å². The number of nitrogens with zero attached hydrogens (tertiary/aromatic N) is 1. The average Bonchev–Trinajstić information content (AvgIpc) is 2.63. The molecule has 0 radical (unpaired) electrons. The molecule has 16 heavy (non-hydrogen) atoms. The maximum Gasteiger partial charge on any atom is 0.370 e. The summed E-state index contributed by atoms with van der Waals surface area (Å²) in [5.74, 6) is -0.172. The van der Waals surface area contributed by atoms with E-state index in [1.165, 1.54) is 11.5 Å². The molecule has 1 aromatic rings. The average molecular weight is 324 g/mol. The highest BCUT2D eigenvalue weighted by Crippen LogP contribution is 2.21. The van der Waals surface area contributed by atoms with Crippen LogP contribution in [0.2, 0.25) is 0 Å². The molecule has 0 aliphatic rings. The molecule has 0 amide bonds. The van der Waals surface area contributed by atoms with Crippen molar-refractivity contribution in [3.05, 3.63) is 15.5 Å². The number of carbonyl (C=O) groups is 1. The van der Waals surface area contributed by atoms with E-state index < -0.39 is 11.8 Å². The van der Waals surface area contributed by atoms with Crippen molar-refractivity contribution >= 4 is 51.0 Å². The Labute approximate surface area is 109 Å². The van der Waals surface area contributed by atoms with E-state index in [0.717, 1.165) is 21.7 Å². The fourth-order valence-electron chi connectivity index (χ4n) is 0.836. The first kappa shape index (κ1) is 13.5. The summed E-state index contributed by atoms with van der Waals surface area (Å²) in [6.45, 7) is 0.470. The van der Waals surface area contributed by atoms with Crippen molar-refractivity contribution in [2.45, 2.75) is 5.75 Å². The van der Waals surface area contributed by atoms with Gasteiger partial charge >= 0.3 is 5.97 Å². The molecule has 0 atom stereocenters. The molecule has 5 nitrogen and oxygen atoms in total. The third-order valence-electron chi connectivity index (χ3n) is 1.60. The zero-order valence-corrected chi connectivity index (χ0v) is 11.4. The Morgan fingerprint density at radius 1 is 1.75 bits per heavy atom. The molecule has 8 heteroatoms. The van der Waals surface area contributed by atoms with E-state index in [1.807, 2.05) is 5.38 Å². The summed E-state index contributed by atoms with van der Waals surface area (Å²) in [5, 5.41) is 19.9. The van der Waals surface area contributed by atoms with Gasteiger partial charge in [0.25, 0.3) is 0 Å². The first-order valence-electron chi connectivity index (χ1n) is 4.33. The monoisotopic (exact) mass is 323 g/mol. The minimum atomic E-state index is -1.23. The van der Waals surface area contributed by atoms with Gasteiger partial charge in [-0.3, -0.25) is 5.41 Å². The molecule has 0 aliphatic carbocycles. The smallest absolute Gasteiger partial charge is 0.370 e. The molecule has 0 fully saturated rings. The van der Waals surface area contributed by atoms with Crippen LogP contribution in [0.3, 0.4) is 0 Å². The molecule has 0 saturated carbocycles. The third kappa shape index (κ3) is 4.50. The predicted octanol–water partition coefficient (Wildman–Crippen LogP) is 1.79. The van der Waals surface area contributed by atoms with E-state index in [-0.39, 0.29) is 0 Å². The quantitative estimate of drug-likeness (QED) is 0.437. The second-order valence-electron chi connectivity index (χ2n) is 2.77. The van der Waals surface area contributed by atoms with Crippen molar-refractivity contribution in [3.8, 4) is 0 Å². The second kappa shape index (κ2) is 6.87. The minimum absolute atomic E-state index is 0.463. The van der Waals surface area contributed by atoms with Crippen molar-refractivity contribution in [2.24, 2.45) is 0 Å². The molecular weight excluding hydrogens is 314 g/mol. The van der Waals surface area contributed by atoms with Gasteiger partial charge in [-0.2, -0.15) is 16.1 Å². The van der Waals surface area contributed by atoms with Crippen LogP contribution in [0.4, 0.5) is 0 Å². The van der Waals surface area contributed by atoms with Crippen LogP contribution in [-0.2, 0) is 10.5 Å². The SMILES string of the molecule is N=C(NCCSCc1nscc1Br)C(=O)O. The summed E-state index contributed by atoms with van der Waals surface area (Å²) in [7, 11) is 0. The second-order valence-corrected chi connectivity index (χ2v) is 5.36. The number of amidine groups is 1. The Balaban J connectivity index is 2.11. The molecule has 1 rings (SSSR count). The molecule has 0 saturated heterocycles. The summed E-state index contributed by atoms with van der Waals surface area (Å²) in [6.07, 6.45) is 0. The number of aromatic nitrogens is 1. The Morgan fingerprint density at radius 3 is 3.06 bits per heavy atom. The van der Waals surface area contributed by atoms with E-state index in [2.05, 4.69) is 25.6 Å². The van der Waals surface area contributed by atoms with E-state index in [4.69, 9.17) is 10.5 Å². The van der Waals surface area contributed by atoms with Gasteiger partial charge < -0.3 is 10.4 Å². The molecule has 0 spiro atoms. The molecule has 0 unspecified atom stereocenters. The summed E-state index contributed by atoms with van der Waals surface area (Å²) >= 11 is 6.43. The van der Waals surface area contributed by atoms with Crippen molar-refractivity contribution in [1.82, 2.24) is 9.69 Å². The minimum Gasteiger partial charge on any atom is -0.475 e. The van der Waals surface area contributed by atoms with Crippen LogP contribution in [0.1, 0.15) is 5.69 Å². The van der Waals surface area contributed by atoms with Crippen LogP contribution in [0, 0.1) is 5.41 Å². The maximum absolute atomic E-state index is 10.3. The highest BCUT2D eigenvalue weighted by Gasteiger charge is 2.05. The molecule has 0 bridgehead atoms. The Hall–Kier alpha value is -0.600. The van der Waals surface area contributed by atoms with E-state index in [0.29, 0.717) is 6.54 Å². The number of nitrogens with one attached hydrogen (secondary N) is 2. The van der Waals surface area contributed by atoms with Crippen LogP contribution in [0.25, 0.3) is 0 Å². The van der Waals surface area contributed by atoms with Crippen molar-refractivity contribution in [2.75, 3.05) is 12.3 Å². The molecular formula is C8H10BrN3O2S2. The van der Waals surface area contributed by atoms with Crippen molar-refractivity contribution < 1.29 is 9.90 Å². The standard InChI is InChI=1S/C8H10BrN3O2S2/c9-5-3-16-12-6(5)4-15-2-1-11-7(10)8(13)14/h3H,1-2,4H2,(H2,10,11)(H,13,14). The van der Waals surface area contributed by atoms with Gasteiger partial charge in [-0.1, -0.05) is 0 Å². The van der Waals surface area contributed by atoms with E-state index >= 15 is 0 Å². The molecule has 1 aromatic heterocycles. The van der Waals surface area contributed by atoms with Gasteiger partial charge in [0.2, 0.25) is 5.84 Å². The number of hydrogen-bond donors (Lipinski definition) is 3. The number of carboxylic acid groups (broad SMARTS) is 1. The van der Waals surface area contributed by atoms with Crippen LogP contribution in [0.15, 0.2) is 9.85 Å². The van der Waals surface area contributed by atoms with E-state index in [9.17, 15) is 4.79 Å². The van der Waals surface area contributed by atoms with Gasteiger partial charge in [0.05, 0.1) is 10.2 Å². The fourth-order valence-corrected chi connectivity index (χ4v) is 3.08. The fraction of sp³-hybridized carbons (Fsp3) is 0.375. The van der Waals surface area contributed by atoms with Crippen LogP contribution >= 0.6 is 39.2 Å². The van der Waals surface area contributed by atoms with Gasteiger partial charge in [-0.05, 0) is 27.5 Å². The maximum atomic E-state index is 10.3. The lowest BCUT2D eigenvalue weighted by atomic mass is 10.5. The van der Waals surface area contributed by atoms with Crippen molar-refractivity contribution in [3.63, 3.8) is 0 Å². The largest absolute Gasteiger partial charge is 0.475 e. The zero-order chi connectivity index (χ0) is 12.0. The Bertz CT molecular complexity index is 383. The zero-order valence-electron chi connectivity index (χ0n) is 8.20. The topological polar surface area (TPSA) is 86.1 Å². The van der Waals surface area contributed by atoms with E-state index in [1.54, 1.807) is 11.8 Å². The molecule has 3 N–H and O–H groups in total. The number of thioether (sulfide) groups is 1. The molecule has 88 valence electrons. The summed E-state index contributed by atoms with van der Waals surface area (Å²) in [4.78, 5) is 10.3. The van der Waals surface area contributed by atoms with Crippen molar-refractivity contribution in [1.29, 1.82) is 5.41 Å². The highest BCUT2D eigenvalue weighted by molar-refractivity contribution is 9.10. The molecule has 0 aliphatic heterocycles. The van der Waals surface area contributed by atoms with Crippen LogP contribution in [0.5, 0.6) is 0 Å². The number of aliphatic carboxylic acids is 1. The first-order chi connectivity index (χ1) is 7.61. The molecule has 1 heterocycles. The normalized spacial score (nSPS) is 10.1. The number of hydrogen-bond acceptors (Lipinski definition) is 5. The molecule has 0 aromatic carbocycles. The van der Waals surface area contributed by atoms with Gasteiger partial charge in [-0.15, -0.1) is 0 Å². The summed E-state index contributed by atoms with van der Waals surface area (Å²) < 4.78 is 5.20. The van der Waals surface area contributed by atoms with Gasteiger partial charge in [0.1, 0.15) is 0 Å². The lowest BCUT2D eigenvalue weighted by molar-refractivity contribution is -0.129. The van der Waals surface area contributed by atoms with Crippen LogP contribution in [-0.4, -0.2) is 33.6 Å². The highest BCUT2D eigenvalue weighted by atomic mass is 79.9. The predicted molar refractivity (Wildman–Crippen MR) is 69.3 cm³/mol.